The fourth-order valence-corrected chi connectivity index (χ4v) is 2.13. The van der Waals surface area contributed by atoms with Crippen LogP contribution >= 0.6 is 0 Å². The molecule has 4 heteroatoms. The fourth-order valence-electron chi connectivity index (χ4n) is 2.13. The van der Waals surface area contributed by atoms with Crippen LogP contribution in [0, 0.1) is 0 Å². The first-order valence-corrected chi connectivity index (χ1v) is 7.11. The molecule has 0 fully saturated rings. The molecule has 0 aliphatic rings. The van der Waals surface area contributed by atoms with Gasteiger partial charge in [0, 0.05) is 6.54 Å². The first-order valence-electron chi connectivity index (χ1n) is 7.11. The number of benzene rings is 2. The number of hydrogen-bond donors (Lipinski definition) is 4. The number of rotatable bonds is 7. The molecule has 21 heavy (non-hydrogen) atoms. The zero-order valence-electron chi connectivity index (χ0n) is 11.9. The summed E-state index contributed by atoms with van der Waals surface area (Å²) in [5.74, 6) is 0.488. The van der Waals surface area contributed by atoms with Crippen LogP contribution < -0.4 is 5.32 Å². The van der Waals surface area contributed by atoms with Crippen molar-refractivity contribution in [3.63, 3.8) is 0 Å². The Balaban J connectivity index is 1.65. The second kappa shape index (κ2) is 7.67. The van der Waals surface area contributed by atoms with Crippen LogP contribution in [0.5, 0.6) is 11.5 Å². The Morgan fingerprint density at radius 2 is 1.43 bits per heavy atom. The number of phenolic OH excluding ortho intramolecular Hbond substituents is 2. The summed E-state index contributed by atoms with van der Waals surface area (Å²) in [7, 11) is 0. The normalized spacial score (nSPS) is 12.2. The van der Waals surface area contributed by atoms with Gasteiger partial charge in [-0.3, -0.25) is 0 Å². The molecule has 0 aliphatic carbocycles. The van der Waals surface area contributed by atoms with Crippen LogP contribution in [0.3, 0.4) is 0 Å². The molecule has 2 aromatic carbocycles. The van der Waals surface area contributed by atoms with Crippen LogP contribution in [-0.4, -0.2) is 28.4 Å². The second-order valence-corrected chi connectivity index (χ2v) is 5.08. The molecule has 0 spiro atoms. The van der Waals surface area contributed by atoms with Crippen molar-refractivity contribution in [2.45, 2.75) is 18.9 Å². The monoisotopic (exact) mass is 287 g/mol. The Labute approximate surface area is 124 Å². The molecule has 112 valence electrons. The number of phenols is 2. The van der Waals surface area contributed by atoms with E-state index < -0.39 is 6.10 Å². The molecule has 4 N–H and O–H groups in total. The van der Waals surface area contributed by atoms with Crippen LogP contribution in [-0.2, 0) is 6.42 Å². The summed E-state index contributed by atoms with van der Waals surface area (Å²) in [5.41, 5.74) is 1.98. The lowest BCUT2D eigenvalue weighted by Crippen LogP contribution is -2.22. The molecule has 0 saturated carbocycles. The van der Waals surface area contributed by atoms with E-state index in [-0.39, 0.29) is 11.5 Å². The van der Waals surface area contributed by atoms with Gasteiger partial charge in [0.05, 0.1) is 6.10 Å². The molecule has 2 rings (SSSR count). The van der Waals surface area contributed by atoms with E-state index in [1.54, 1.807) is 36.4 Å². The van der Waals surface area contributed by atoms with Gasteiger partial charge in [-0.2, -0.15) is 0 Å². The molecule has 4 nitrogen and oxygen atoms in total. The number of aliphatic hydroxyl groups excluding tert-OH is 1. The Hall–Kier alpha value is -2.04. The van der Waals surface area contributed by atoms with Crippen LogP contribution in [0.25, 0.3) is 0 Å². The molecule has 0 amide bonds. The van der Waals surface area contributed by atoms with Gasteiger partial charge in [0.1, 0.15) is 11.5 Å². The van der Waals surface area contributed by atoms with Gasteiger partial charge in [0.2, 0.25) is 0 Å². The van der Waals surface area contributed by atoms with Gasteiger partial charge in [-0.05, 0) is 54.8 Å². The van der Waals surface area contributed by atoms with E-state index in [2.05, 4.69) is 5.32 Å². The summed E-state index contributed by atoms with van der Waals surface area (Å²) >= 11 is 0. The minimum atomic E-state index is -0.570. The van der Waals surface area contributed by atoms with Gasteiger partial charge in [0.25, 0.3) is 0 Å². The van der Waals surface area contributed by atoms with Crippen molar-refractivity contribution in [1.82, 2.24) is 5.32 Å². The topological polar surface area (TPSA) is 72.7 Å². The average molecular weight is 287 g/mol. The highest BCUT2D eigenvalue weighted by molar-refractivity contribution is 5.27. The van der Waals surface area contributed by atoms with E-state index in [9.17, 15) is 15.3 Å². The third kappa shape index (κ3) is 5.10. The van der Waals surface area contributed by atoms with E-state index in [0.29, 0.717) is 6.54 Å². The number of nitrogens with one attached hydrogen (secondary N) is 1. The first kappa shape index (κ1) is 15.4. The third-order valence-electron chi connectivity index (χ3n) is 3.37. The van der Waals surface area contributed by atoms with E-state index in [4.69, 9.17) is 0 Å². The quantitative estimate of drug-likeness (QED) is 0.590. The minimum absolute atomic E-state index is 0.202. The number of aromatic hydroxyl groups is 2. The predicted octanol–water partition coefficient (Wildman–Crippen LogP) is 2.35. The lowest BCUT2D eigenvalue weighted by molar-refractivity contribution is 0.175. The van der Waals surface area contributed by atoms with Crippen LogP contribution in [0.4, 0.5) is 0 Å². The smallest absolute Gasteiger partial charge is 0.115 e. The highest BCUT2D eigenvalue weighted by Gasteiger charge is 2.06. The summed E-state index contributed by atoms with van der Waals surface area (Å²) < 4.78 is 0. The average Bonchev–Trinajstić information content (AvgIpc) is 2.49. The lowest BCUT2D eigenvalue weighted by Gasteiger charge is -2.12. The Morgan fingerprint density at radius 3 is 2.05 bits per heavy atom. The second-order valence-electron chi connectivity index (χ2n) is 5.08. The SMILES string of the molecule is Oc1ccc(CCCNC[C@H](O)c2ccc(O)cc2)cc1. The molecular formula is C17H21NO3. The summed E-state index contributed by atoms with van der Waals surface area (Å²) in [6.07, 6.45) is 1.33. The maximum Gasteiger partial charge on any atom is 0.115 e. The summed E-state index contributed by atoms with van der Waals surface area (Å²) in [6.45, 7) is 1.30. The van der Waals surface area contributed by atoms with E-state index >= 15 is 0 Å². The van der Waals surface area contributed by atoms with Gasteiger partial charge in [-0.1, -0.05) is 24.3 Å². The Kier molecular flexibility index (Phi) is 5.60. The summed E-state index contributed by atoms with van der Waals surface area (Å²) in [4.78, 5) is 0. The van der Waals surface area contributed by atoms with Gasteiger partial charge in [0.15, 0.2) is 0 Å². The van der Waals surface area contributed by atoms with Crippen LogP contribution in [0.1, 0.15) is 23.7 Å². The van der Waals surface area contributed by atoms with Gasteiger partial charge in [-0.25, -0.2) is 0 Å². The standard InChI is InChI=1S/C17H21NO3/c19-15-7-3-13(4-8-15)2-1-11-18-12-17(21)14-5-9-16(20)10-6-14/h3-10,17-21H,1-2,11-12H2/t17-/m0/s1. The summed E-state index contributed by atoms with van der Waals surface area (Å²) in [6, 6.07) is 13.8. The molecule has 0 unspecified atom stereocenters. The van der Waals surface area contributed by atoms with Crippen molar-refractivity contribution in [3.05, 3.63) is 59.7 Å². The van der Waals surface area contributed by atoms with E-state index in [0.717, 1.165) is 24.9 Å². The first-order chi connectivity index (χ1) is 10.1. The van der Waals surface area contributed by atoms with Crippen molar-refractivity contribution >= 4 is 0 Å². The third-order valence-corrected chi connectivity index (χ3v) is 3.37. The van der Waals surface area contributed by atoms with Crippen LogP contribution in [0.15, 0.2) is 48.5 Å². The zero-order valence-corrected chi connectivity index (χ0v) is 11.9. The molecule has 1 atom stereocenters. The Morgan fingerprint density at radius 1 is 0.857 bits per heavy atom. The minimum Gasteiger partial charge on any atom is -0.508 e. The molecule has 0 aliphatic heterocycles. The predicted molar refractivity (Wildman–Crippen MR) is 82.4 cm³/mol. The largest absolute Gasteiger partial charge is 0.508 e. The maximum absolute atomic E-state index is 9.99. The van der Waals surface area contributed by atoms with Crippen molar-refractivity contribution in [3.8, 4) is 11.5 Å². The fraction of sp³-hybridized carbons (Fsp3) is 0.294. The number of aliphatic hydroxyl groups is 1. The molecule has 0 bridgehead atoms. The Bertz CT molecular complexity index is 537. The van der Waals surface area contributed by atoms with Crippen molar-refractivity contribution in [1.29, 1.82) is 0 Å². The van der Waals surface area contributed by atoms with Gasteiger partial charge in [-0.15, -0.1) is 0 Å². The lowest BCUT2D eigenvalue weighted by atomic mass is 10.1. The number of aryl methyl sites for hydroxylation is 1. The molecule has 0 heterocycles. The zero-order chi connectivity index (χ0) is 15.1. The highest BCUT2D eigenvalue weighted by atomic mass is 16.3. The van der Waals surface area contributed by atoms with Crippen molar-refractivity contribution < 1.29 is 15.3 Å². The van der Waals surface area contributed by atoms with Gasteiger partial charge < -0.3 is 20.6 Å². The molecule has 2 aromatic rings. The molecule has 0 aromatic heterocycles. The van der Waals surface area contributed by atoms with Crippen LogP contribution in [0.2, 0.25) is 0 Å². The van der Waals surface area contributed by atoms with E-state index in [1.807, 2.05) is 12.1 Å². The molecule has 0 saturated heterocycles. The maximum atomic E-state index is 9.99. The van der Waals surface area contributed by atoms with Crippen molar-refractivity contribution in [2.24, 2.45) is 0 Å². The van der Waals surface area contributed by atoms with E-state index in [1.165, 1.54) is 5.56 Å². The number of hydrogen-bond acceptors (Lipinski definition) is 4. The molecular weight excluding hydrogens is 266 g/mol. The highest BCUT2D eigenvalue weighted by Crippen LogP contribution is 2.16. The van der Waals surface area contributed by atoms with Crippen molar-refractivity contribution in [2.75, 3.05) is 13.1 Å². The summed E-state index contributed by atoms with van der Waals surface area (Å²) in [5, 5.41) is 31.6. The molecule has 0 radical (unpaired) electrons. The van der Waals surface area contributed by atoms with Gasteiger partial charge >= 0.3 is 0 Å².